The number of aromatic nitrogens is 2. The summed E-state index contributed by atoms with van der Waals surface area (Å²) in [5.41, 5.74) is 0.974. The highest BCUT2D eigenvalue weighted by Crippen LogP contribution is 2.36. The molecule has 2 aromatic rings. The molecular formula is C20H29BN2O4. The second kappa shape index (κ2) is 6.87. The van der Waals surface area contributed by atoms with Crippen molar-refractivity contribution in [3.63, 3.8) is 0 Å². The molecule has 27 heavy (non-hydrogen) atoms. The van der Waals surface area contributed by atoms with Gasteiger partial charge < -0.3 is 14.0 Å². The van der Waals surface area contributed by atoms with Crippen LogP contribution in [0.3, 0.4) is 0 Å². The molecule has 0 radical (unpaired) electrons. The molecule has 2 heterocycles. The average molecular weight is 372 g/mol. The molecule has 6 nitrogen and oxygen atoms in total. The smallest absolute Gasteiger partial charge is 0.495 e. The van der Waals surface area contributed by atoms with Crippen LogP contribution in [-0.2, 0) is 15.9 Å². The van der Waals surface area contributed by atoms with Gasteiger partial charge >= 0.3 is 12.8 Å². The monoisotopic (exact) mass is 372 g/mol. The van der Waals surface area contributed by atoms with Gasteiger partial charge in [-0.15, -0.1) is 0 Å². The van der Waals surface area contributed by atoms with Crippen LogP contribution in [0.1, 0.15) is 53.1 Å². The van der Waals surface area contributed by atoms with Gasteiger partial charge in [0.1, 0.15) is 5.75 Å². The highest BCUT2D eigenvalue weighted by Gasteiger charge is 2.52. The van der Waals surface area contributed by atoms with E-state index in [0.717, 1.165) is 16.8 Å². The van der Waals surface area contributed by atoms with Gasteiger partial charge in [-0.05, 0) is 64.7 Å². The first-order valence-electron chi connectivity index (χ1n) is 9.35. The number of benzene rings is 1. The van der Waals surface area contributed by atoms with Crippen molar-refractivity contribution < 1.29 is 14.0 Å². The Balaban J connectivity index is 1.99. The molecule has 0 unspecified atom stereocenters. The molecule has 3 rings (SSSR count). The molecule has 0 atom stereocenters. The zero-order chi connectivity index (χ0) is 20.0. The van der Waals surface area contributed by atoms with Crippen molar-refractivity contribution in [3.8, 4) is 5.75 Å². The number of nitrogens with zero attached hydrogens (tertiary/aromatic N) is 2. The van der Waals surface area contributed by atoms with Crippen LogP contribution >= 0.6 is 0 Å². The maximum absolute atomic E-state index is 12.6. The summed E-state index contributed by atoms with van der Waals surface area (Å²) in [5, 5.41) is 0. The van der Waals surface area contributed by atoms with Gasteiger partial charge in [-0.3, -0.25) is 9.13 Å². The van der Waals surface area contributed by atoms with E-state index < -0.39 is 18.3 Å². The number of rotatable bonds is 5. The minimum Gasteiger partial charge on any atom is -0.497 e. The first kappa shape index (κ1) is 19.8. The van der Waals surface area contributed by atoms with Crippen molar-refractivity contribution >= 4 is 12.6 Å². The van der Waals surface area contributed by atoms with Crippen LogP contribution in [0.25, 0.3) is 0 Å². The van der Waals surface area contributed by atoms with E-state index in [1.54, 1.807) is 16.2 Å². The van der Waals surface area contributed by atoms with Crippen molar-refractivity contribution in [1.82, 2.24) is 9.13 Å². The SMILES string of the molecule is COc1ccc(B2OC(C)(C)C(C)(C)O2)c(Cn2ccn(C(C)C)c2=O)c1. The Hall–Kier alpha value is -1.99. The van der Waals surface area contributed by atoms with Crippen LogP contribution < -0.4 is 15.9 Å². The standard InChI is InChI=1S/C20H29BN2O4/c1-14(2)23-11-10-22(18(23)24)13-15-12-16(25-7)8-9-17(15)21-26-19(3,4)20(5,6)27-21/h8-12,14H,13H2,1-7H3. The lowest BCUT2D eigenvalue weighted by Crippen LogP contribution is -2.41. The van der Waals surface area contributed by atoms with E-state index in [1.165, 1.54) is 0 Å². The highest BCUT2D eigenvalue weighted by molar-refractivity contribution is 6.62. The van der Waals surface area contributed by atoms with Crippen molar-refractivity contribution in [3.05, 3.63) is 46.6 Å². The predicted octanol–water partition coefficient (Wildman–Crippen LogP) is 2.59. The summed E-state index contributed by atoms with van der Waals surface area (Å²) >= 11 is 0. The Labute approximate surface area is 161 Å². The topological polar surface area (TPSA) is 54.6 Å². The molecule has 1 fully saturated rings. The molecule has 0 N–H and O–H groups in total. The molecule has 0 saturated carbocycles. The van der Waals surface area contributed by atoms with Crippen LogP contribution in [0.2, 0.25) is 0 Å². The van der Waals surface area contributed by atoms with E-state index in [2.05, 4.69) is 0 Å². The quantitative estimate of drug-likeness (QED) is 0.758. The van der Waals surface area contributed by atoms with E-state index in [-0.39, 0.29) is 11.7 Å². The van der Waals surface area contributed by atoms with Gasteiger partial charge in [0.15, 0.2) is 0 Å². The summed E-state index contributed by atoms with van der Waals surface area (Å²) in [6, 6.07) is 5.92. The van der Waals surface area contributed by atoms with Gasteiger partial charge in [0, 0.05) is 18.4 Å². The zero-order valence-corrected chi connectivity index (χ0v) is 17.3. The minimum absolute atomic E-state index is 0.0345. The predicted molar refractivity (Wildman–Crippen MR) is 107 cm³/mol. The summed E-state index contributed by atoms with van der Waals surface area (Å²) in [6.07, 6.45) is 3.64. The van der Waals surface area contributed by atoms with E-state index >= 15 is 0 Å². The fourth-order valence-corrected chi connectivity index (χ4v) is 3.17. The third-order valence-electron chi connectivity index (χ3n) is 5.63. The normalized spacial score (nSPS) is 18.3. The summed E-state index contributed by atoms with van der Waals surface area (Å²) in [6.45, 7) is 12.5. The fraction of sp³-hybridized carbons (Fsp3) is 0.550. The lowest BCUT2D eigenvalue weighted by Gasteiger charge is -2.32. The Morgan fingerprint density at radius 3 is 2.26 bits per heavy atom. The van der Waals surface area contributed by atoms with Gasteiger partial charge in [-0.2, -0.15) is 0 Å². The molecule has 1 aromatic heterocycles. The van der Waals surface area contributed by atoms with E-state index in [9.17, 15) is 4.79 Å². The van der Waals surface area contributed by atoms with Crippen LogP contribution in [0.15, 0.2) is 35.4 Å². The molecule has 1 aliphatic heterocycles. The second-order valence-electron chi connectivity index (χ2n) is 8.36. The summed E-state index contributed by atoms with van der Waals surface area (Å²) in [5.74, 6) is 0.738. The summed E-state index contributed by atoms with van der Waals surface area (Å²) in [7, 11) is 1.15. The number of hydrogen-bond donors (Lipinski definition) is 0. The molecule has 0 spiro atoms. The lowest BCUT2D eigenvalue weighted by atomic mass is 9.75. The summed E-state index contributed by atoms with van der Waals surface area (Å²) < 4.78 is 21.2. The molecule has 1 aliphatic rings. The highest BCUT2D eigenvalue weighted by atomic mass is 16.7. The van der Waals surface area contributed by atoms with Crippen LogP contribution in [0, 0.1) is 0 Å². The van der Waals surface area contributed by atoms with E-state index in [0.29, 0.717) is 6.54 Å². The van der Waals surface area contributed by atoms with Crippen molar-refractivity contribution in [1.29, 1.82) is 0 Å². The van der Waals surface area contributed by atoms with Gasteiger partial charge in [-0.1, -0.05) is 6.07 Å². The Morgan fingerprint density at radius 1 is 1.11 bits per heavy atom. The van der Waals surface area contributed by atoms with Gasteiger partial charge in [0.25, 0.3) is 0 Å². The minimum atomic E-state index is -0.487. The number of imidazole rings is 1. The molecule has 146 valence electrons. The first-order valence-corrected chi connectivity index (χ1v) is 9.35. The largest absolute Gasteiger partial charge is 0.497 e. The van der Waals surface area contributed by atoms with Crippen molar-refractivity contribution in [2.24, 2.45) is 0 Å². The van der Waals surface area contributed by atoms with E-state index in [4.69, 9.17) is 14.0 Å². The molecular weight excluding hydrogens is 343 g/mol. The fourth-order valence-electron chi connectivity index (χ4n) is 3.17. The Morgan fingerprint density at radius 2 is 1.74 bits per heavy atom. The van der Waals surface area contributed by atoms with Gasteiger partial charge in [0.05, 0.1) is 24.9 Å². The summed E-state index contributed by atoms with van der Waals surface area (Å²) in [4.78, 5) is 12.6. The van der Waals surface area contributed by atoms with Crippen LogP contribution in [-0.4, -0.2) is 34.6 Å². The number of hydrogen-bond acceptors (Lipinski definition) is 4. The van der Waals surface area contributed by atoms with Crippen molar-refractivity contribution in [2.45, 2.75) is 65.3 Å². The Kier molecular flexibility index (Phi) is 5.03. The third kappa shape index (κ3) is 3.58. The molecule has 0 amide bonds. The average Bonchev–Trinajstić information content (AvgIpc) is 3.04. The van der Waals surface area contributed by atoms with Gasteiger partial charge in [-0.25, -0.2) is 4.79 Å². The zero-order valence-electron chi connectivity index (χ0n) is 17.3. The van der Waals surface area contributed by atoms with E-state index in [1.807, 2.05) is 72.1 Å². The second-order valence-corrected chi connectivity index (χ2v) is 8.36. The molecule has 0 bridgehead atoms. The van der Waals surface area contributed by atoms with Crippen molar-refractivity contribution in [2.75, 3.05) is 7.11 Å². The Bertz CT molecular complexity index is 866. The first-order chi connectivity index (χ1) is 12.6. The van der Waals surface area contributed by atoms with Crippen LogP contribution in [0.4, 0.5) is 0 Å². The maximum atomic E-state index is 12.6. The number of ether oxygens (including phenoxy) is 1. The molecule has 1 aromatic carbocycles. The lowest BCUT2D eigenvalue weighted by molar-refractivity contribution is 0.00578. The number of methoxy groups -OCH3 is 1. The molecule has 0 aliphatic carbocycles. The molecule has 1 saturated heterocycles. The van der Waals surface area contributed by atoms with Crippen LogP contribution in [0.5, 0.6) is 5.75 Å². The molecule has 7 heteroatoms. The van der Waals surface area contributed by atoms with Gasteiger partial charge in [0.2, 0.25) is 0 Å². The maximum Gasteiger partial charge on any atom is 0.495 e. The third-order valence-corrected chi connectivity index (χ3v) is 5.63.